The molecule has 35 heavy (non-hydrogen) atoms. The predicted molar refractivity (Wildman–Crippen MR) is 133 cm³/mol. The van der Waals surface area contributed by atoms with Crippen LogP contribution in [0.4, 0.5) is 0 Å². The fraction of sp³-hybridized carbons (Fsp3) is 0.269. The van der Waals surface area contributed by atoms with Gasteiger partial charge in [-0.3, -0.25) is 0 Å². The molecule has 0 radical (unpaired) electrons. The second-order valence-electron chi connectivity index (χ2n) is 8.04. The quantitative estimate of drug-likeness (QED) is 0.454. The van der Waals surface area contributed by atoms with E-state index >= 15 is 0 Å². The van der Waals surface area contributed by atoms with E-state index in [0.717, 1.165) is 9.98 Å². The summed E-state index contributed by atoms with van der Waals surface area (Å²) in [5.41, 5.74) is 2.89. The fourth-order valence-corrected chi connectivity index (χ4v) is 5.51. The molecule has 1 atom stereocenters. The normalized spacial score (nSPS) is 15.5. The van der Waals surface area contributed by atoms with Crippen molar-refractivity contribution in [1.29, 1.82) is 0 Å². The van der Waals surface area contributed by atoms with Gasteiger partial charge in [-0.15, -0.1) is 0 Å². The predicted octanol–water partition coefficient (Wildman–Crippen LogP) is 4.57. The first-order valence-electron chi connectivity index (χ1n) is 10.9. The van der Waals surface area contributed by atoms with E-state index in [0.29, 0.717) is 46.3 Å². The van der Waals surface area contributed by atoms with Crippen LogP contribution in [0.15, 0.2) is 70.7 Å². The van der Waals surface area contributed by atoms with Crippen LogP contribution in [0.2, 0.25) is 0 Å². The third kappa shape index (κ3) is 4.64. The van der Waals surface area contributed by atoms with E-state index in [1.807, 2.05) is 25.1 Å². The molecule has 4 rings (SSSR count). The molecular weight excluding hydrogens is 468 g/mol. The van der Waals surface area contributed by atoms with Crippen LogP contribution >= 0.6 is 0 Å². The molecule has 9 heteroatoms. The maximum atomic E-state index is 13.8. The number of methoxy groups -OCH3 is 4. The monoisotopic (exact) mass is 496 g/mol. The van der Waals surface area contributed by atoms with Crippen LogP contribution in [0.25, 0.3) is 0 Å². The van der Waals surface area contributed by atoms with Crippen molar-refractivity contribution in [3.63, 3.8) is 0 Å². The van der Waals surface area contributed by atoms with Crippen molar-refractivity contribution in [2.24, 2.45) is 5.10 Å². The zero-order valence-electron chi connectivity index (χ0n) is 20.3. The lowest BCUT2D eigenvalue weighted by molar-refractivity contribution is 0.328. The molecule has 0 amide bonds. The van der Waals surface area contributed by atoms with Crippen LogP contribution in [0.1, 0.15) is 29.2 Å². The van der Waals surface area contributed by atoms with Crippen LogP contribution in [-0.4, -0.2) is 47.0 Å². The molecule has 3 aromatic carbocycles. The molecule has 0 aliphatic carbocycles. The number of rotatable bonds is 8. The molecule has 0 saturated heterocycles. The smallest absolute Gasteiger partial charge is 0.279 e. The maximum Gasteiger partial charge on any atom is 0.279 e. The summed E-state index contributed by atoms with van der Waals surface area (Å²) >= 11 is 0. The van der Waals surface area contributed by atoms with E-state index in [9.17, 15) is 8.42 Å². The van der Waals surface area contributed by atoms with Crippen LogP contribution < -0.4 is 18.9 Å². The molecule has 3 aromatic rings. The maximum absolute atomic E-state index is 13.8. The summed E-state index contributed by atoms with van der Waals surface area (Å²) in [7, 11) is 2.22. The summed E-state index contributed by atoms with van der Waals surface area (Å²) in [4.78, 5) is 0.156. The third-order valence-electron chi connectivity index (χ3n) is 5.91. The summed E-state index contributed by atoms with van der Waals surface area (Å²) in [5.74, 6) is 2.13. The van der Waals surface area contributed by atoms with Crippen molar-refractivity contribution in [3.05, 3.63) is 77.4 Å². The summed E-state index contributed by atoms with van der Waals surface area (Å²) in [5, 5.41) is 4.62. The van der Waals surface area contributed by atoms with Gasteiger partial charge in [0, 0.05) is 23.6 Å². The Labute approximate surface area is 205 Å². The summed E-state index contributed by atoms with van der Waals surface area (Å²) in [6.07, 6.45) is 0.310. The Balaban J connectivity index is 1.88. The molecule has 1 aliphatic heterocycles. The summed E-state index contributed by atoms with van der Waals surface area (Å²) in [6, 6.07) is 16.8. The number of aryl methyl sites for hydroxylation is 1. The number of hydrogen-bond acceptors (Lipinski definition) is 7. The summed E-state index contributed by atoms with van der Waals surface area (Å²) in [6.45, 7) is 1.91. The number of nitrogens with zero attached hydrogens (tertiary/aromatic N) is 2. The highest BCUT2D eigenvalue weighted by atomic mass is 32.2. The van der Waals surface area contributed by atoms with Gasteiger partial charge in [-0.1, -0.05) is 29.8 Å². The van der Waals surface area contributed by atoms with Crippen LogP contribution in [0.3, 0.4) is 0 Å². The molecule has 0 N–H and O–H groups in total. The molecular formula is C26H28N2O6S. The highest BCUT2D eigenvalue weighted by molar-refractivity contribution is 7.89. The second-order valence-corrected chi connectivity index (χ2v) is 9.84. The zero-order valence-corrected chi connectivity index (χ0v) is 21.1. The number of sulfonamides is 1. The second kappa shape index (κ2) is 9.87. The Morgan fingerprint density at radius 3 is 2.09 bits per heavy atom. The third-order valence-corrected chi connectivity index (χ3v) is 7.61. The van der Waals surface area contributed by atoms with Crippen LogP contribution in [-0.2, 0) is 10.0 Å². The van der Waals surface area contributed by atoms with E-state index < -0.39 is 16.1 Å². The largest absolute Gasteiger partial charge is 0.497 e. The van der Waals surface area contributed by atoms with E-state index in [4.69, 9.17) is 18.9 Å². The van der Waals surface area contributed by atoms with E-state index in [2.05, 4.69) is 5.10 Å². The average molecular weight is 497 g/mol. The fourth-order valence-electron chi connectivity index (χ4n) is 4.08. The topological polar surface area (TPSA) is 86.7 Å². The van der Waals surface area contributed by atoms with Gasteiger partial charge in [0.1, 0.15) is 11.5 Å². The first-order chi connectivity index (χ1) is 16.8. The Morgan fingerprint density at radius 1 is 0.857 bits per heavy atom. The molecule has 8 nitrogen and oxygen atoms in total. The molecule has 1 unspecified atom stereocenters. The molecule has 0 aromatic heterocycles. The molecule has 0 fully saturated rings. The standard InChI is InChI=1S/C26H28N2O6S/c1-17-9-11-21(12-10-17)35(29,30)28-24(22-7-6-8-25(33-4)26(22)34-5)16-23(27-28)18-13-19(31-2)15-20(14-18)32-3/h6-15,24H,16H2,1-5H3. The van der Waals surface area contributed by atoms with Gasteiger partial charge in [0.15, 0.2) is 11.5 Å². The Bertz CT molecular complexity index is 1330. The number of ether oxygens (including phenoxy) is 4. The van der Waals surface area contributed by atoms with Gasteiger partial charge < -0.3 is 18.9 Å². The highest BCUT2D eigenvalue weighted by Gasteiger charge is 2.39. The van der Waals surface area contributed by atoms with Crippen LogP contribution in [0.5, 0.6) is 23.0 Å². The highest BCUT2D eigenvalue weighted by Crippen LogP contribution is 2.44. The number of para-hydroxylation sites is 1. The Kier molecular flexibility index (Phi) is 6.88. The first-order valence-corrected chi connectivity index (χ1v) is 12.4. The SMILES string of the molecule is COc1cc(OC)cc(C2=NN(S(=O)(=O)c3ccc(C)cc3)C(c3cccc(OC)c3OC)C2)c1. The van der Waals surface area contributed by atoms with Crippen molar-refractivity contribution < 1.29 is 27.4 Å². The number of benzene rings is 3. The van der Waals surface area contributed by atoms with Gasteiger partial charge in [0.25, 0.3) is 10.0 Å². The van der Waals surface area contributed by atoms with Gasteiger partial charge in [-0.2, -0.15) is 17.9 Å². The average Bonchev–Trinajstić information content (AvgIpc) is 3.34. The van der Waals surface area contributed by atoms with Gasteiger partial charge in [-0.25, -0.2) is 0 Å². The zero-order chi connectivity index (χ0) is 25.2. The minimum atomic E-state index is -3.98. The lowest BCUT2D eigenvalue weighted by atomic mass is 9.98. The van der Waals surface area contributed by atoms with E-state index in [-0.39, 0.29) is 4.90 Å². The number of hydrogen-bond donors (Lipinski definition) is 0. The molecule has 0 bridgehead atoms. The van der Waals surface area contributed by atoms with Crippen LogP contribution in [0, 0.1) is 6.92 Å². The lowest BCUT2D eigenvalue weighted by Gasteiger charge is -2.25. The molecule has 1 heterocycles. The Hall–Kier alpha value is -3.72. The van der Waals surface area contributed by atoms with Gasteiger partial charge >= 0.3 is 0 Å². The minimum Gasteiger partial charge on any atom is -0.497 e. The van der Waals surface area contributed by atoms with Gasteiger partial charge in [-0.05, 0) is 37.3 Å². The van der Waals surface area contributed by atoms with E-state index in [1.54, 1.807) is 63.8 Å². The summed E-state index contributed by atoms with van der Waals surface area (Å²) < 4.78 is 50.7. The van der Waals surface area contributed by atoms with Gasteiger partial charge in [0.2, 0.25) is 0 Å². The van der Waals surface area contributed by atoms with Crippen molar-refractivity contribution in [2.75, 3.05) is 28.4 Å². The lowest BCUT2D eigenvalue weighted by Crippen LogP contribution is -2.27. The van der Waals surface area contributed by atoms with Crippen molar-refractivity contribution in [1.82, 2.24) is 4.41 Å². The van der Waals surface area contributed by atoms with E-state index in [1.165, 1.54) is 7.11 Å². The van der Waals surface area contributed by atoms with Crippen molar-refractivity contribution in [2.45, 2.75) is 24.3 Å². The molecule has 0 spiro atoms. The molecule has 1 aliphatic rings. The Morgan fingerprint density at radius 2 is 1.51 bits per heavy atom. The van der Waals surface area contributed by atoms with Crippen molar-refractivity contribution in [3.8, 4) is 23.0 Å². The molecule has 184 valence electrons. The van der Waals surface area contributed by atoms with Gasteiger partial charge in [0.05, 0.1) is 45.1 Å². The molecule has 0 saturated carbocycles. The minimum absolute atomic E-state index is 0.156. The first kappa shape index (κ1) is 24.4. The number of hydrazone groups is 1. The van der Waals surface area contributed by atoms with Crippen molar-refractivity contribution >= 4 is 15.7 Å².